The molecule has 7 heteroatoms. The van der Waals surface area contributed by atoms with E-state index in [1.165, 1.54) is 12.8 Å². The van der Waals surface area contributed by atoms with Crippen LogP contribution in [0.2, 0.25) is 0 Å². The van der Waals surface area contributed by atoms with Gasteiger partial charge in [0.05, 0.1) is 16.7 Å². The number of carbonyl (C=O) groups excluding carboxylic acids is 2. The van der Waals surface area contributed by atoms with E-state index in [-0.39, 0.29) is 29.8 Å². The van der Waals surface area contributed by atoms with Gasteiger partial charge in [0.15, 0.2) is 0 Å². The van der Waals surface area contributed by atoms with Crippen molar-refractivity contribution in [3.05, 3.63) is 35.9 Å². The molecule has 4 aliphatic rings. The van der Waals surface area contributed by atoms with Gasteiger partial charge in [0.25, 0.3) is 0 Å². The molecule has 32 heavy (non-hydrogen) atoms. The second-order valence-electron chi connectivity index (χ2n) is 11.3. The zero-order valence-corrected chi connectivity index (χ0v) is 19.7. The number of nitrogens with zero attached hydrogens (tertiary/aromatic N) is 3. The number of rotatable bonds is 4. The van der Waals surface area contributed by atoms with Gasteiger partial charge in [-0.25, -0.2) is 9.78 Å². The molecule has 6 rings (SSSR count). The molecule has 4 heterocycles. The highest BCUT2D eigenvalue weighted by atomic mass is 16.6. The van der Waals surface area contributed by atoms with Crippen molar-refractivity contribution in [2.45, 2.75) is 70.9 Å². The molecule has 4 fully saturated rings. The molecule has 2 aliphatic heterocycles. The van der Waals surface area contributed by atoms with Crippen LogP contribution in [0.3, 0.4) is 0 Å². The van der Waals surface area contributed by atoms with E-state index in [1.54, 1.807) is 4.90 Å². The summed E-state index contributed by atoms with van der Waals surface area (Å²) in [4.78, 5) is 32.6. The quantitative estimate of drug-likeness (QED) is 0.781. The maximum atomic E-state index is 13.3. The Kier molecular flexibility index (Phi) is 4.80. The van der Waals surface area contributed by atoms with Gasteiger partial charge in [0.2, 0.25) is 5.91 Å². The van der Waals surface area contributed by atoms with E-state index in [9.17, 15) is 9.59 Å². The first-order valence-electron chi connectivity index (χ1n) is 11.8. The Balaban J connectivity index is 1.29. The molecule has 2 saturated carbocycles. The van der Waals surface area contributed by atoms with Crippen LogP contribution in [0, 0.1) is 17.8 Å². The minimum atomic E-state index is -0.594. The molecular weight excluding hydrogens is 404 g/mol. The van der Waals surface area contributed by atoms with Gasteiger partial charge in [-0.1, -0.05) is 6.07 Å². The third-order valence-electron chi connectivity index (χ3n) is 7.02. The second kappa shape index (κ2) is 7.22. The molecule has 2 aromatic rings. The van der Waals surface area contributed by atoms with Crippen molar-refractivity contribution in [3.63, 3.8) is 0 Å². The first kappa shape index (κ1) is 21.3. The Hall–Kier alpha value is -2.57. The van der Waals surface area contributed by atoms with Crippen molar-refractivity contribution in [1.29, 1.82) is 0 Å². The van der Waals surface area contributed by atoms with E-state index >= 15 is 0 Å². The number of fused-ring (bicyclic) bond motifs is 3. The van der Waals surface area contributed by atoms with Crippen LogP contribution in [0.5, 0.6) is 0 Å². The summed E-state index contributed by atoms with van der Waals surface area (Å²) in [5.41, 5.74) is 1.19. The third kappa shape index (κ3) is 3.76. The van der Waals surface area contributed by atoms with E-state index in [0.29, 0.717) is 19.0 Å². The summed E-state index contributed by atoms with van der Waals surface area (Å²) in [5.74, 6) is 1.82. The molecule has 0 radical (unpaired) electrons. The van der Waals surface area contributed by atoms with Crippen LogP contribution in [-0.4, -0.2) is 45.0 Å². The number of pyridine rings is 1. The average Bonchev–Trinajstić information content (AvgIpc) is 3.45. The first-order chi connectivity index (χ1) is 15.0. The molecular formula is C25H34N4O3. The SMILES string of the molecule is CC(C)(C)OC(=O)N1C[C@H]2C[C@@H](C1)C2C(=O)NC(C)(C)c1nc(C2CC2)c2ccccn12. The van der Waals surface area contributed by atoms with Gasteiger partial charge in [-0.3, -0.25) is 4.79 Å². The van der Waals surface area contributed by atoms with Gasteiger partial charge in [0, 0.05) is 31.1 Å². The molecule has 2 bridgehead atoms. The van der Waals surface area contributed by atoms with Crippen LogP contribution < -0.4 is 5.32 Å². The number of imidazole rings is 1. The predicted octanol–water partition coefficient (Wildman–Crippen LogP) is 4.07. The first-order valence-corrected chi connectivity index (χ1v) is 11.8. The van der Waals surface area contributed by atoms with Gasteiger partial charge >= 0.3 is 6.09 Å². The summed E-state index contributed by atoms with van der Waals surface area (Å²) < 4.78 is 7.65. The number of ether oxygens (including phenoxy) is 1. The molecule has 0 spiro atoms. The molecule has 2 aliphatic carbocycles. The molecule has 2 amide bonds. The highest BCUT2D eigenvalue weighted by Gasteiger charge is 2.52. The van der Waals surface area contributed by atoms with Gasteiger partial charge in [-0.15, -0.1) is 0 Å². The Morgan fingerprint density at radius 2 is 1.78 bits per heavy atom. The van der Waals surface area contributed by atoms with Crippen LogP contribution in [0.25, 0.3) is 5.52 Å². The van der Waals surface area contributed by atoms with Crippen molar-refractivity contribution < 1.29 is 14.3 Å². The zero-order valence-electron chi connectivity index (χ0n) is 19.7. The highest BCUT2D eigenvalue weighted by molar-refractivity contribution is 5.82. The number of aromatic nitrogens is 2. The topological polar surface area (TPSA) is 75.9 Å². The van der Waals surface area contributed by atoms with Crippen molar-refractivity contribution >= 4 is 17.5 Å². The van der Waals surface area contributed by atoms with Crippen molar-refractivity contribution in [1.82, 2.24) is 19.6 Å². The van der Waals surface area contributed by atoms with Crippen LogP contribution in [0.15, 0.2) is 24.4 Å². The highest BCUT2D eigenvalue weighted by Crippen LogP contribution is 2.46. The van der Waals surface area contributed by atoms with Crippen molar-refractivity contribution in [2.24, 2.45) is 17.8 Å². The lowest BCUT2D eigenvalue weighted by molar-refractivity contribution is -0.143. The fourth-order valence-electron chi connectivity index (χ4n) is 5.40. The number of piperidine rings is 2. The zero-order chi connectivity index (χ0) is 22.8. The normalized spacial score (nSPS) is 25.4. The molecule has 1 unspecified atom stereocenters. The lowest BCUT2D eigenvalue weighted by Crippen LogP contribution is -2.62. The van der Waals surface area contributed by atoms with Crippen LogP contribution in [0.1, 0.15) is 71.3 Å². The number of hydrogen-bond acceptors (Lipinski definition) is 4. The standard InChI is InChI=1S/C25H34N4O3/c1-24(2,3)32-23(31)28-13-16-12-17(14-28)19(16)21(30)27-25(4,5)22-26-20(15-9-10-15)18-8-6-7-11-29(18)22/h6-8,11,15-17,19H,9-10,12-14H2,1-5H3,(H,27,30)/t16-,17+,19?. The Morgan fingerprint density at radius 3 is 2.41 bits per heavy atom. The Labute approximate surface area is 189 Å². The van der Waals surface area contributed by atoms with Crippen LogP contribution in [-0.2, 0) is 15.1 Å². The van der Waals surface area contributed by atoms with Gasteiger partial charge in [-0.2, -0.15) is 0 Å². The average molecular weight is 439 g/mol. The maximum Gasteiger partial charge on any atom is 0.410 e. The largest absolute Gasteiger partial charge is 0.444 e. The summed E-state index contributed by atoms with van der Waals surface area (Å²) in [7, 11) is 0. The predicted molar refractivity (Wildman–Crippen MR) is 121 cm³/mol. The maximum absolute atomic E-state index is 13.3. The summed E-state index contributed by atoms with van der Waals surface area (Å²) >= 11 is 0. The minimum Gasteiger partial charge on any atom is -0.444 e. The molecule has 2 saturated heterocycles. The van der Waals surface area contributed by atoms with Crippen LogP contribution in [0.4, 0.5) is 4.79 Å². The number of nitrogens with one attached hydrogen (secondary N) is 1. The summed E-state index contributed by atoms with van der Waals surface area (Å²) in [6, 6.07) is 6.17. The second-order valence-corrected chi connectivity index (χ2v) is 11.3. The van der Waals surface area contributed by atoms with E-state index < -0.39 is 11.1 Å². The number of hydrogen-bond donors (Lipinski definition) is 1. The molecule has 7 nitrogen and oxygen atoms in total. The smallest absolute Gasteiger partial charge is 0.410 e. The Morgan fingerprint density at radius 1 is 1.09 bits per heavy atom. The van der Waals surface area contributed by atoms with Gasteiger partial charge in [-0.05, 0) is 77.8 Å². The molecule has 2 aromatic heterocycles. The molecule has 0 aromatic carbocycles. The van der Waals surface area contributed by atoms with E-state index in [2.05, 4.69) is 15.8 Å². The van der Waals surface area contributed by atoms with Gasteiger partial charge in [0.1, 0.15) is 11.4 Å². The molecule has 1 N–H and O–H groups in total. The van der Waals surface area contributed by atoms with Crippen molar-refractivity contribution in [3.8, 4) is 0 Å². The lowest BCUT2D eigenvalue weighted by Gasteiger charge is -2.52. The van der Waals surface area contributed by atoms with E-state index in [0.717, 1.165) is 23.5 Å². The monoisotopic (exact) mass is 438 g/mol. The molecule has 172 valence electrons. The fraction of sp³-hybridized carbons (Fsp3) is 0.640. The molecule has 3 atom stereocenters. The lowest BCUT2D eigenvalue weighted by atomic mass is 9.61. The Bertz CT molecular complexity index is 1050. The van der Waals surface area contributed by atoms with Gasteiger partial charge < -0.3 is 19.4 Å². The number of carbonyl (C=O) groups is 2. The van der Waals surface area contributed by atoms with E-state index in [4.69, 9.17) is 9.72 Å². The van der Waals surface area contributed by atoms with E-state index in [1.807, 2.05) is 52.9 Å². The van der Waals surface area contributed by atoms with Crippen molar-refractivity contribution in [2.75, 3.05) is 13.1 Å². The fourth-order valence-corrected chi connectivity index (χ4v) is 5.40. The number of amides is 2. The minimum absolute atomic E-state index is 0.0536. The summed E-state index contributed by atoms with van der Waals surface area (Å²) in [5, 5.41) is 3.29. The van der Waals surface area contributed by atoms with Crippen LogP contribution >= 0.6 is 0 Å². The summed E-state index contributed by atoms with van der Waals surface area (Å²) in [6.07, 6.45) is 5.13. The summed E-state index contributed by atoms with van der Waals surface area (Å²) in [6.45, 7) is 10.9. The third-order valence-corrected chi connectivity index (χ3v) is 7.02.